The number of urea groups is 1. The van der Waals surface area contributed by atoms with Crippen molar-refractivity contribution in [3.05, 3.63) is 64.0 Å². The number of benzene rings is 2. The molecule has 10 heteroatoms. The number of rotatable bonds is 5. The number of nitrogens with zero attached hydrogens (tertiary/aromatic N) is 1. The van der Waals surface area contributed by atoms with Gasteiger partial charge in [-0.25, -0.2) is 14.6 Å². The first-order valence-corrected chi connectivity index (χ1v) is 13.2. The SMILES string of the molecule is CC(C)(C)OC(=O)NC(C)(C)c1ccc(-c2csc(NC(=O)N[C@H]3CCOc4c(Cl)cccc43)n2)cc1. The minimum Gasteiger partial charge on any atom is -0.492 e. The maximum absolute atomic E-state index is 12.7. The van der Waals surface area contributed by atoms with E-state index in [2.05, 4.69) is 20.9 Å². The van der Waals surface area contributed by atoms with Gasteiger partial charge in [0.1, 0.15) is 11.4 Å². The van der Waals surface area contributed by atoms with Crippen molar-refractivity contribution >= 4 is 40.2 Å². The third-order valence-corrected chi connectivity index (χ3v) is 6.83. The molecule has 0 bridgehead atoms. The number of fused-ring (bicyclic) bond motifs is 1. The number of amides is 3. The van der Waals surface area contributed by atoms with E-state index in [9.17, 15) is 9.59 Å². The normalized spacial score (nSPS) is 15.2. The summed E-state index contributed by atoms with van der Waals surface area (Å²) in [5.74, 6) is 0.616. The third-order valence-electron chi connectivity index (χ3n) is 5.77. The largest absolute Gasteiger partial charge is 0.492 e. The molecule has 37 heavy (non-hydrogen) atoms. The molecule has 196 valence electrons. The Labute approximate surface area is 225 Å². The summed E-state index contributed by atoms with van der Waals surface area (Å²) in [5.41, 5.74) is 2.23. The maximum Gasteiger partial charge on any atom is 0.408 e. The average Bonchev–Trinajstić information content (AvgIpc) is 3.26. The number of hydrogen-bond acceptors (Lipinski definition) is 6. The molecule has 2 aromatic carbocycles. The quantitative estimate of drug-likeness (QED) is 0.326. The minimum atomic E-state index is -0.624. The van der Waals surface area contributed by atoms with Crippen molar-refractivity contribution in [3.8, 4) is 17.0 Å². The topological polar surface area (TPSA) is 102 Å². The number of ether oxygens (including phenoxy) is 2. The van der Waals surface area contributed by atoms with Gasteiger partial charge in [-0.1, -0.05) is 48.0 Å². The van der Waals surface area contributed by atoms with Crippen LogP contribution in [0, 0.1) is 0 Å². The Bertz CT molecular complexity index is 1280. The van der Waals surface area contributed by atoms with Gasteiger partial charge in [0.15, 0.2) is 5.13 Å². The van der Waals surface area contributed by atoms with Gasteiger partial charge in [0.2, 0.25) is 0 Å². The Morgan fingerprint density at radius 2 is 1.84 bits per heavy atom. The van der Waals surface area contributed by atoms with Crippen LogP contribution in [0.1, 0.15) is 58.2 Å². The summed E-state index contributed by atoms with van der Waals surface area (Å²) in [5, 5.41) is 11.6. The van der Waals surface area contributed by atoms with Crippen molar-refractivity contribution in [3.63, 3.8) is 0 Å². The second-order valence-electron chi connectivity index (χ2n) is 10.3. The highest BCUT2D eigenvalue weighted by Gasteiger charge is 2.27. The Morgan fingerprint density at radius 3 is 2.54 bits per heavy atom. The van der Waals surface area contributed by atoms with E-state index in [0.29, 0.717) is 28.9 Å². The Balaban J connectivity index is 1.38. The van der Waals surface area contributed by atoms with Crippen LogP contribution in [0.4, 0.5) is 14.7 Å². The van der Waals surface area contributed by atoms with Gasteiger partial charge in [0, 0.05) is 22.9 Å². The number of anilines is 1. The number of alkyl carbamates (subject to hydrolysis) is 1. The highest BCUT2D eigenvalue weighted by atomic mass is 35.5. The van der Waals surface area contributed by atoms with Crippen LogP contribution in [0.15, 0.2) is 47.8 Å². The van der Waals surface area contributed by atoms with Gasteiger partial charge < -0.3 is 20.1 Å². The summed E-state index contributed by atoms with van der Waals surface area (Å²) in [7, 11) is 0. The van der Waals surface area contributed by atoms with Gasteiger partial charge >= 0.3 is 12.1 Å². The first kappa shape index (κ1) is 26.8. The fourth-order valence-electron chi connectivity index (χ4n) is 3.98. The van der Waals surface area contributed by atoms with E-state index >= 15 is 0 Å². The standard InChI is InChI=1S/C27H31ClN4O4S/c1-26(2,3)36-25(34)32-27(4,5)17-11-9-16(10-12-17)21-15-37-24(30-21)31-23(33)29-20-13-14-35-22-18(20)7-6-8-19(22)28/h6-12,15,20H,13-14H2,1-5H3,(H,32,34)(H2,29,30,31,33)/t20-/m0/s1. The van der Waals surface area contributed by atoms with Gasteiger partial charge in [-0.3, -0.25) is 5.32 Å². The van der Waals surface area contributed by atoms with E-state index in [1.54, 1.807) is 6.07 Å². The van der Waals surface area contributed by atoms with E-state index in [1.165, 1.54) is 11.3 Å². The number of aromatic nitrogens is 1. The predicted octanol–water partition coefficient (Wildman–Crippen LogP) is 6.87. The molecule has 0 aliphatic carbocycles. The smallest absolute Gasteiger partial charge is 0.408 e. The lowest BCUT2D eigenvalue weighted by Gasteiger charge is -2.29. The molecule has 0 saturated carbocycles. The molecule has 0 saturated heterocycles. The maximum atomic E-state index is 12.7. The van der Waals surface area contributed by atoms with Crippen LogP contribution < -0.4 is 20.7 Å². The molecule has 3 N–H and O–H groups in total. The summed E-state index contributed by atoms with van der Waals surface area (Å²) in [6.45, 7) is 9.79. The number of thiazole rings is 1. The first-order chi connectivity index (χ1) is 17.4. The highest BCUT2D eigenvalue weighted by Crippen LogP contribution is 2.37. The lowest BCUT2D eigenvalue weighted by molar-refractivity contribution is 0.0470. The van der Waals surface area contributed by atoms with E-state index in [1.807, 2.05) is 76.4 Å². The molecule has 1 aliphatic rings. The summed E-state index contributed by atoms with van der Waals surface area (Å²) in [6, 6.07) is 12.7. The highest BCUT2D eigenvalue weighted by molar-refractivity contribution is 7.14. The van der Waals surface area contributed by atoms with Gasteiger partial charge in [0.25, 0.3) is 0 Å². The van der Waals surface area contributed by atoms with Crippen molar-refractivity contribution in [2.75, 3.05) is 11.9 Å². The van der Waals surface area contributed by atoms with Crippen LogP contribution in [-0.4, -0.2) is 29.3 Å². The number of halogens is 1. The molecule has 3 aromatic rings. The lowest BCUT2D eigenvalue weighted by Crippen LogP contribution is -2.43. The molecule has 0 fully saturated rings. The van der Waals surface area contributed by atoms with E-state index in [0.717, 1.165) is 22.4 Å². The van der Waals surface area contributed by atoms with Crippen molar-refractivity contribution < 1.29 is 19.1 Å². The van der Waals surface area contributed by atoms with Crippen LogP contribution in [0.5, 0.6) is 5.75 Å². The number of para-hydroxylation sites is 1. The third kappa shape index (κ3) is 6.72. The lowest BCUT2D eigenvalue weighted by atomic mass is 9.93. The molecule has 0 unspecified atom stereocenters. The van der Waals surface area contributed by atoms with E-state index < -0.39 is 17.2 Å². The fraction of sp³-hybridized carbons (Fsp3) is 0.370. The monoisotopic (exact) mass is 542 g/mol. The van der Waals surface area contributed by atoms with Gasteiger partial charge in [-0.2, -0.15) is 0 Å². The summed E-state index contributed by atoms with van der Waals surface area (Å²) >= 11 is 7.57. The van der Waals surface area contributed by atoms with Crippen LogP contribution in [0.25, 0.3) is 11.3 Å². The van der Waals surface area contributed by atoms with Crippen molar-refractivity contribution in [2.45, 2.75) is 58.2 Å². The molecule has 4 rings (SSSR count). The molecule has 3 amide bonds. The Morgan fingerprint density at radius 1 is 1.11 bits per heavy atom. The molecule has 0 spiro atoms. The summed E-state index contributed by atoms with van der Waals surface area (Å²) in [6.07, 6.45) is 0.178. The fourth-order valence-corrected chi connectivity index (χ4v) is 4.93. The zero-order valence-corrected chi connectivity index (χ0v) is 23.0. The number of nitrogens with one attached hydrogen (secondary N) is 3. The van der Waals surface area contributed by atoms with Gasteiger partial charge in [-0.15, -0.1) is 11.3 Å². The Kier molecular flexibility index (Phi) is 7.66. The minimum absolute atomic E-state index is 0.202. The summed E-state index contributed by atoms with van der Waals surface area (Å²) < 4.78 is 11.0. The average molecular weight is 543 g/mol. The van der Waals surface area contributed by atoms with E-state index in [4.69, 9.17) is 21.1 Å². The zero-order valence-electron chi connectivity index (χ0n) is 21.5. The van der Waals surface area contributed by atoms with Crippen LogP contribution >= 0.6 is 22.9 Å². The molecular formula is C27H31ClN4O4S. The number of carbonyl (C=O) groups is 2. The van der Waals surface area contributed by atoms with Crippen LogP contribution in [-0.2, 0) is 10.3 Å². The van der Waals surface area contributed by atoms with Gasteiger partial charge in [0.05, 0.1) is 28.9 Å². The molecule has 1 aromatic heterocycles. The molecule has 1 atom stereocenters. The van der Waals surface area contributed by atoms with Crippen LogP contribution in [0.2, 0.25) is 5.02 Å². The van der Waals surface area contributed by atoms with Crippen molar-refractivity contribution in [1.29, 1.82) is 0 Å². The number of hydrogen-bond donors (Lipinski definition) is 3. The molecule has 2 heterocycles. The van der Waals surface area contributed by atoms with Crippen LogP contribution in [0.3, 0.4) is 0 Å². The van der Waals surface area contributed by atoms with Gasteiger partial charge in [-0.05, 0) is 46.2 Å². The van der Waals surface area contributed by atoms with Crippen molar-refractivity contribution in [1.82, 2.24) is 15.6 Å². The predicted molar refractivity (Wildman–Crippen MR) is 146 cm³/mol. The Hall–Kier alpha value is -3.30. The first-order valence-electron chi connectivity index (χ1n) is 12.0. The zero-order chi connectivity index (χ0) is 26.8. The second kappa shape index (κ2) is 10.6. The summed E-state index contributed by atoms with van der Waals surface area (Å²) in [4.78, 5) is 29.5. The number of carbonyl (C=O) groups excluding carboxylic acids is 2. The molecule has 1 aliphatic heterocycles. The molecular weight excluding hydrogens is 512 g/mol. The molecule has 8 nitrogen and oxygen atoms in total. The molecule has 0 radical (unpaired) electrons. The second-order valence-corrected chi connectivity index (χ2v) is 11.6. The van der Waals surface area contributed by atoms with Crippen molar-refractivity contribution in [2.24, 2.45) is 0 Å². The van der Waals surface area contributed by atoms with E-state index in [-0.39, 0.29) is 12.1 Å².